The van der Waals surface area contributed by atoms with Crippen LogP contribution < -0.4 is 5.32 Å². The molecule has 0 aliphatic heterocycles. The Kier molecular flexibility index (Phi) is 5.00. The van der Waals surface area contributed by atoms with Gasteiger partial charge in [-0.1, -0.05) is 12.1 Å². The molecule has 14 heavy (non-hydrogen) atoms. The van der Waals surface area contributed by atoms with Crippen molar-refractivity contribution in [3.63, 3.8) is 0 Å². The molecule has 1 rings (SSSR count). The van der Waals surface area contributed by atoms with Gasteiger partial charge in [-0.3, -0.25) is 4.79 Å². The molecule has 0 aliphatic rings. The van der Waals surface area contributed by atoms with E-state index in [0.29, 0.717) is 13.0 Å². The molecule has 0 radical (unpaired) electrons. The number of thiophene rings is 1. The molecule has 1 heterocycles. The fourth-order valence-electron chi connectivity index (χ4n) is 1.09. The summed E-state index contributed by atoms with van der Waals surface area (Å²) >= 11 is 1.70. The summed E-state index contributed by atoms with van der Waals surface area (Å²) in [6.07, 6.45) is 4.07. The van der Waals surface area contributed by atoms with E-state index in [9.17, 15) is 4.79 Å². The molecule has 0 aromatic carbocycles. The first kappa shape index (κ1) is 11.0. The first-order valence-corrected chi connectivity index (χ1v) is 5.61. The van der Waals surface area contributed by atoms with Crippen LogP contribution in [-0.4, -0.2) is 12.5 Å². The SMILES string of the molecule is C=CCCNC(=O)CCc1cccs1. The molecule has 0 atom stereocenters. The van der Waals surface area contributed by atoms with Gasteiger partial charge in [0, 0.05) is 17.8 Å². The van der Waals surface area contributed by atoms with Gasteiger partial charge in [0.25, 0.3) is 0 Å². The van der Waals surface area contributed by atoms with Gasteiger partial charge in [0.1, 0.15) is 0 Å². The zero-order valence-corrected chi connectivity index (χ0v) is 8.98. The minimum absolute atomic E-state index is 0.125. The summed E-state index contributed by atoms with van der Waals surface area (Å²) in [5.74, 6) is 0.125. The Labute approximate surface area is 88.6 Å². The molecule has 76 valence electrons. The lowest BCUT2D eigenvalue weighted by atomic mass is 10.2. The Balaban J connectivity index is 2.12. The van der Waals surface area contributed by atoms with Crippen LogP contribution >= 0.6 is 11.3 Å². The Hall–Kier alpha value is -1.09. The summed E-state index contributed by atoms with van der Waals surface area (Å²) in [5, 5.41) is 4.87. The van der Waals surface area contributed by atoms with E-state index in [1.165, 1.54) is 4.88 Å². The summed E-state index contributed by atoms with van der Waals surface area (Å²) in [6, 6.07) is 4.07. The number of carbonyl (C=O) groups excluding carboxylic acids is 1. The number of amides is 1. The van der Waals surface area contributed by atoms with Crippen molar-refractivity contribution in [3.8, 4) is 0 Å². The summed E-state index contributed by atoms with van der Waals surface area (Å²) < 4.78 is 0. The van der Waals surface area contributed by atoms with Crippen molar-refractivity contribution in [2.75, 3.05) is 6.54 Å². The fourth-order valence-corrected chi connectivity index (χ4v) is 1.80. The van der Waals surface area contributed by atoms with Crippen molar-refractivity contribution in [1.29, 1.82) is 0 Å². The lowest BCUT2D eigenvalue weighted by Crippen LogP contribution is -2.24. The van der Waals surface area contributed by atoms with Gasteiger partial charge in [0.15, 0.2) is 0 Å². The maximum Gasteiger partial charge on any atom is 0.220 e. The molecule has 3 heteroatoms. The van der Waals surface area contributed by atoms with Crippen LogP contribution in [-0.2, 0) is 11.2 Å². The molecule has 0 bridgehead atoms. The largest absolute Gasteiger partial charge is 0.356 e. The third-order valence-electron chi connectivity index (χ3n) is 1.85. The molecule has 0 fully saturated rings. The smallest absolute Gasteiger partial charge is 0.220 e. The number of rotatable bonds is 6. The Bertz CT molecular complexity index is 279. The molecule has 0 saturated heterocycles. The van der Waals surface area contributed by atoms with Gasteiger partial charge in [-0.2, -0.15) is 0 Å². The summed E-state index contributed by atoms with van der Waals surface area (Å²) in [4.78, 5) is 12.5. The number of nitrogens with one attached hydrogen (secondary N) is 1. The number of aryl methyl sites for hydroxylation is 1. The Morgan fingerprint density at radius 1 is 1.64 bits per heavy atom. The molecule has 1 aromatic heterocycles. The van der Waals surface area contributed by atoms with Crippen LogP contribution in [0.1, 0.15) is 17.7 Å². The van der Waals surface area contributed by atoms with Gasteiger partial charge in [-0.25, -0.2) is 0 Å². The van der Waals surface area contributed by atoms with E-state index >= 15 is 0 Å². The van der Waals surface area contributed by atoms with Crippen LogP contribution in [0.25, 0.3) is 0 Å². The average Bonchev–Trinajstić information content (AvgIpc) is 2.68. The maximum atomic E-state index is 11.3. The Morgan fingerprint density at radius 2 is 2.50 bits per heavy atom. The molecular weight excluding hydrogens is 194 g/mol. The van der Waals surface area contributed by atoms with Crippen LogP contribution in [0.4, 0.5) is 0 Å². The quantitative estimate of drug-likeness (QED) is 0.565. The van der Waals surface area contributed by atoms with Gasteiger partial charge >= 0.3 is 0 Å². The highest BCUT2D eigenvalue weighted by atomic mass is 32.1. The Morgan fingerprint density at radius 3 is 3.14 bits per heavy atom. The highest BCUT2D eigenvalue weighted by Gasteiger charge is 2.01. The van der Waals surface area contributed by atoms with Crippen LogP contribution in [0, 0.1) is 0 Å². The van der Waals surface area contributed by atoms with E-state index in [1.54, 1.807) is 17.4 Å². The van der Waals surface area contributed by atoms with Gasteiger partial charge in [0.05, 0.1) is 0 Å². The lowest BCUT2D eigenvalue weighted by Gasteiger charge is -2.01. The first-order valence-electron chi connectivity index (χ1n) is 4.73. The minimum atomic E-state index is 0.125. The van der Waals surface area contributed by atoms with Crippen LogP contribution in [0.15, 0.2) is 30.2 Å². The standard InChI is InChI=1S/C11H15NOS/c1-2-3-8-12-11(13)7-6-10-5-4-9-14-10/h2,4-5,9H,1,3,6-8H2,(H,12,13). The highest BCUT2D eigenvalue weighted by Crippen LogP contribution is 2.10. The second-order valence-electron chi connectivity index (χ2n) is 3.01. The van der Waals surface area contributed by atoms with Crippen molar-refractivity contribution in [1.82, 2.24) is 5.32 Å². The van der Waals surface area contributed by atoms with Gasteiger partial charge in [0.2, 0.25) is 5.91 Å². The molecule has 1 N–H and O–H groups in total. The van der Waals surface area contributed by atoms with Gasteiger partial charge in [-0.05, 0) is 24.3 Å². The third-order valence-corrected chi connectivity index (χ3v) is 2.79. The predicted octanol–water partition coefficient (Wildman–Crippen LogP) is 2.37. The summed E-state index contributed by atoms with van der Waals surface area (Å²) in [7, 11) is 0. The van der Waals surface area contributed by atoms with Crippen LogP contribution in [0.3, 0.4) is 0 Å². The summed E-state index contributed by atoms with van der Waals surface area (Å²) in [5.41, 5.74) is 0. The van der Waals surface area contributed by atoms with Gasteiger partial charge in [-0.15, -0.1) is 17.9 Å². The second-order valence-corrected chi connectivity index (χ2v) is 4.04. The van der Waals surface area contributed by atoms with E-state index in [-0.39, 0.29) is 5.91 Å². The number of carbonyl (C=O) groups is 1. The molecule has 0 aliphatic carbocycles. The van der Waals surface area contributed by atoms with E-state index in [1.807, 2.05) is 11.4 Å². The van der Waals surface area contributed by atoms with E-state index in [4.69, 9.17) is 0 Å². The highest BCUT2D eigenvalue weighted by molar-refractivity contribution is 7.09. The molecule has 1 aromatic rings. The molecule has 0 saturated carbocycles. The van der Waals surface area contributed by atoms with E-state index in [0.717, 1.165) is 12.8 Å². The van der Waals surface area contributed by atoms with Crippen molar-refractivity contribution in [2.45, 2.75) is 19.3 Å². The summed E-state index contributed by atoms with van der Waals surface area (Å²) in [6.45, 7) is 4.30. The number of hydrogen-bond donors (Lipinski definition) is 1. The monoisotopic (exact) mass is 209 g/mol. The van der Waals surface area contributed by atoms with Crippen molar-refractivity contribution >= 4 is 17.2 Å². The van der Waals surface area contributed by atoms with E-state index in [2.05, 4.69) is 18.0 Å². The molecule has 2 nitrogen and oxygen atoms in total. The molecule has 1 amide bonds. The second kappa shape index (κ2) is 6.38. The van der Waals surface area contributed by atoms with Crippen molar-refractivity contribution in [3.05, 3.63) is 35.0 Å². The average molecular weight is 209 g/mol. The van der Waals surface area contributed by atoms with Gasteiger partial charge < -0.3 is 5.32 Å². The molecule has 0 unspecified atom stereocenters. The first-order chi connectivity index (χ1) is 6.83. The zero-order valence-electron chi connectivity index (χ0n) is 8.16. The van der Waals surface area contributed by atoms with E-state index < -0.39 is 0 Å². The predicted molar refractivity (Wildman–Crippen MR) is 60.5 cm³/mol. The minimum Gasteiger partial charge on any atom is -0.356 e. The van der Waals surface area contributed by atoms with Crippen LogP contribution in [0.5, 0.6) is 0 Å². The zero-order chi connectivity index (χ0) is 10.2. The van der Waals surface area contributed by atoms with Crippen molar-refractivity contribution < 1.29 is 4.79 Å². The molecular formula is C11H15NOS. The van der Waals surface area contributed by atoms with Crippen molar-refractivity contribution in [2.24, 2.45) is 0 Å². The topological polar surface area (TPSA) is 29.1 Å². The van der Waals surface area contributed by atoms with Crippen LogP contribution in [0.2, 0.25) is 0 Å². The fraction of sp³-hybridized carbons (Fsp3) is 0.364. The third kappa shape index (κ3) is 4.23. The lowest BCUT2D eigenvalue weighted by molar-refractivity contribution is -0.121. The molecule has 0 spiro atoms. The number of hydrogen-bond acceptors (Lipinski definition) is 2. The maximum absolute atomic E-state index is 11.3. The normalized spacial score (nSPS) is 9.71.